The number of anilines is 1. The molecule has 0 spiro atoms. The van der Waals surface area contributed by atoms with Crippen LogP contribution in [0.2, 0.25) is 0 Å². The molecule has 1 fully saturated rings. The number of carbonyl (C=O) groups is 1. The summed E-state index contributed by atoms with van der Waals surface area (Å²) in [4.78, 5) is 38.3. The Morgan fingerprint density at radius 3 is 2.50 bits per heavy atom. The maximum absolute atomic E-state index is 12.9. The Hall–Kier alpha value is -2.74. The molecule has 0 N–H and O–H groups in total. The molecule has 1 aliphatic heterocycles. The van der Waals surface area contributed by atoms with Gasteiger partial charge in [-0.05, 0) is 43.3 Å². The Bertz CT molecular complexity index is 1070. The molecule has 3 aromatic rings. The van der Waals surface area contributed by atoms with Crippen molar-refractivity contribution in [1.29, 1.82) is 0 Å². The van der Waals surface area contributed by atoms with E-state index < -0.39 is 0 Å². The predicted octanol–water partition coefficient (Wildman–Crippen LogP) is 2.54. The van der Waals surface area contributed by atoms with Crippen LogP contribution in [0.4, 0.5) is 5.82 Å². The van der Waals surface area contributed by atoms with Crippen LogP contribution in [0.15, 0.2) is 51.9 Å². The highest BCUT2D eigenvalue weighted by Gasteiger charge is 2.25. The normalized spacial score (nSPS) is 14.5. The number of piperazine rings is 1. The topological polar surface area (TPSA) is 71.3 Å². The fourth-order valence-electron chi connectivity index (χ4n) is 3.46. The standard InChI is InChI=1S/C20H20BrN5O2/c1-2-26-17-16(4-3-9-22-17)23-18(20(26)28)24-10-12-25(13-11-24)19(27)14-5-7-15(21)8-6-14/h3-9H,2,10-13H2,1H3. The maximum Gasteiger partial charge on any atom is 0.295 e. The zero-order valence-corrected chi connectivity index (χ0v) is 17.1. The van der Waals surface area contributed by atoms with Crippen molar-refractivity contribution >= 4 is 38.8 Å². The lowest BCUT2D eigenvalue weighted by Crippen LogP contribution is -2.50. The molecule has 4 rings (SSSR count). The lowest BCUT2D eigenvalue weighted by molar-refractivity contribution is 0.0746. The van der Waals surface area contributed by atoms with E-state index in [4.69, 9.17) is 0 Å². The Morgan fingerprint density at radius 2 is 1.82 bits per heavy atom. The molecule has 1 amide bonds. The van der Waals surface area contributed by atoms with Gasteiger partial charge < -0.3 is 9.80 Å². The highest BCUT2D eigenvalue weighted by molar-refractivity contribution is 9.10. The number of pyridine rings is 1. The van der Waals surface area contributed by atoms with Crippen LogP contribution in [-0.2, 0) is 6.54 Å². The van der Waals surface area contributed by atoms with E-state index in [1.807, 2.05) is 53.1 Å². The quantitative estimate of drug-likeness (QED) is 0.624. The van der Waals surface area contributed by atoms with Gasteiger partial charge in [-0.2, -0.15) is 0 Å². The van der Waals surface area contributed by atoms with Crippen LogP contribution in [-0.4, -0.2) is 51.5 Å². The predicted molar refractivity (Wildman–Crippen MR) is 112 cm³/mol. The number of nitrogens with zero attached hydrogens (tertiary/aromatic N) is 5. The van der Waals surface area contributed by atoms with Crippen LogP contribution in [0.1, 0.15) is 17.3 Å². The molecule has 2 aromatic heterocycles. The smallest absolute Gasteiger partial charge is 0.295 e. The molecule has 1 aliphatic rings. The van der Waals surface area contributed by atoms with Gasteiger partial charge >= 0.3 is 0 Å². The molecule has 0 unspecified atom stereocenters. The van der Waals surface area contributed by atoms with Gasteiger partial charge in [-0.25, -0.2) is 9.97 Å². The third-order valence-corrected chi connectivity index (χ3v) is 5.49. The van der Waals surface area contributed by atoms with Crippen molar-refractivity contribution in [3.05, 3.63) is 63.0 Å². The summed E-state index contributed by atoms with van der Waals surface area (Å²) in [5.74, 6) is 0.437. The molecule has 0 bridgehead atoms. The summed E-state index contributed by atoms with van der Waals surface area (Å²) >= 11 is 3.39. The molecule has 7 nitrogen and oxygen atoms in total. The average Bonchev–Trinajstić information content (AvgIpc) is 2.73. The van der Waals surface area contributed by atoms with E-state index in [-0.39, 0.29) is 11.5 Å². The van der Waals surface area contributed by atoms with E-state index in [9.17, 15) is 9.59 Å². The van der Waals surface area contributed by atoms with Gasteiger partial charge in [0.1, 0.15) is 5.52 Å². The number of aryl methyl sites for hydroxylation is 1. The van der Waals surface area contributed by atoms with Gasteiger partial charge in [-0.1, -0.05) is 15.9 Å². The van der Waals surface area contributed by atoms with Crippen LogP contribution in [0.5, 0.6) is 0 Å². The maximum atomic E-state index is 12.9. The molecule has 144 valence electrons. The summed E-state index contributed by atoms with van der Waals surface area (Å²) in [5, 5.41) is 0. The van der Waals surface area contributed by atoms with E-state index >= 15 is 0 Å². The van der Waals surface area contributed by atoms with Crippen LogP contribution < -0.4 is 10.5 Å². The van der Waals surface area contributed by atoms with Crippen molar-refractivity contribution in [3.8, 4) is 0 Å². The Morgan fingerprint density at radius 1 is 1.11 bits per heavy atom. The zero-order chi connectivity index (χ0) is 19.7. The van der Waals surface area contributed by atoms with E-state index in [1.165, 1.54) is 0 Å². The van der Waals surface area contributed by atoms with Crippen LogP contribution >= 0.6 is 15.9 Å². The molecular formula is C20H20BrN5O2. The Balaban J connectivity index is 1.55. The summed E-state index contributed by atoms with van der Waals surface area (Å²) < 4.78 is 2.59. The summed E-state index contributed by atoms with van der Waals surface area (Å²) in [6, 6.07) is 11.0. The number of rotatable bonds is 3. The van der Waals surface area contributed by atoms with Crippen LogP contribution in [0.25, 0.3) is 11.2 Å². The van der Waals surface area contributed by atoms with Crippen LogP contribution in [0, 0.1) is 0 Å². The van der Waals surface area contributed by atoms with Crippen molar-refractivity contribution in [2.24, 2.45) is 0 Å². The minimum absolute atomic E-state index is 0.00814. The fraction of sp³-hybridized carbons (Fsp3) is 0.300. The van der Waals surface area contributed by atoms with Gasteiger partial charge in [0.25, 0.3) is 11.5 Å². The number of aromatic nitrogens is 3. The second-order valence-electron chi connectivity index (χ2n) is 6.62. The molecule has 0 aliphatic carbocycles. The molecule has 0 saturated carbocycles. The number of carbonyl (C=O) groups excluding carboxylic acids is 1. The molecule has 0 atom stereocenters. The molecule has 3 heterocycles. The largest absolute Gasteiger partial charge is 0.348 e. The van der Waals surface area contributed by atoms with Crippen molar-refractivity contribution in [1.82, 2.24) is 19.4 Å². The van der Waals surface area contributed by atoms with Gasteiger partial charge in [-0.3, -0.25) is 14.2 Å². The number of amides is 1. The molecule has 28 heavy (non-hydrogen) atoms. The average molecular weight is 442 g/mol. The zero-order valence-electron chi connectivity index (χ0n) is 15.5. The third kappa shape index (κ3) is 3.40. The first kappa shape index (κ1) is 18.6. The van der Waals surface area contributed by atoms with Gasteiger partial charge in [0.2, 0.25) is 0 Å². The summed E-state index contributed by atoms with van der Waals surface area (Å²) in [7, 11) is 0. The monoisotopic (exact) mass is 441 g/mol. The van der Waals surface area contributed by atoms with E-state index in [0.717, 1.165) is 4.47 Å². The summed E-state index contributed by atoms with van der Waals surface area (Å²) in [6.45, 7) is 4.69. The van der Waals surface area contributed by atoms with E-state index in [2.05, 4.69) is 25.9 Å². The highest BCUT2D eigenvalue weighted by atomic mass is 79.9. The first-order chi connectivity index (χ1) is 13.6. The van der Waals surface area contributed by atoms with Gasteiger partial charge in [0.05, 0.1) is 0 Å². The van der Waals surface area contributed by atoms with Crippen molar-refractivity contribution in [2.75, 3.05) is 31.1 Å². The summed E-state index contributed by atoms with van der Waals surface area (Å²) in [5.41, 5.74) is 1.83. The molecule has 1 aromatic carbocycles. The SMILES string of the molecule is CCn1c(=O)c(N2CCN(C(=O)c3ccc(Br)cc3)CC2)nc2cccnc21. The number of fused-ring (bicyclic) bond motifs is 1. The number of halogens is 1. The second kappa shape index (κ2) is 7.71. The van der Waals surface area contributed by atoms with Gasteiger partial charge in [0.15, 0.2) is 11.5 Å². The third-order valence-electron chi connectivity index (χ3n) is 4.96. The first-order valence-corrected chi connectivity index (χ1v) is 10.0. The highest BCUT2D eigenvalue weighted by Crippen LogP contribution is 2.17. The van der Waals surface area contributed by atoms with Crippen molar-refractivity contribution in [3.63, 3.8) is 0 Å². The molecule has 0 radical (unpaired) electrons. The van der Waals surface area contributed by atoms with Crippen LogP contribution in [0.3, 0.4) is 0 Å². The second-order valence-corrected chi connectivity index (χ2v) is 7.53. The van der Waals surface area contributed by atoms with E-state index in [0.29, 0.717) is 55.3 Å². The van der Waals surface area contributed by atoms with Gasteiger partial charge in [0, 0.05) is 49.0 Å². The lowest BCUT2D eigenvalue weighted by atomic mass is 10.2. The Kier molecular flexibility index (Phi) is 5.13. The fourth-order valence-corrected chi connectivity index (χ4v) is 3.72. The van der Waals surface area contributed by atoms with Crippen molar-refractivity contribution in [2.45, 2.75) is 13.5 Å². The number of benzene rings is 1. The molecule has 1 saturated heterocycles. The number of hydrogen-bond donors (Lipinski definition) is 0. The van der Waals surface area contributed by atoms with Crippen molar-refractivity contribution < 1.29 is 4.79 Å². The van der Waals surface area contributed by atoms with E-state index in [1.54, 1.807) is 10.8 Å². The Labute approximate surface area is 170 Å². The molecular weight excluding hydrogens is 422 g/mol. The first-order valence-electron chi connectivity index (χ1n) is 9.24. The summed E-state index contributed by atoms with van der Waals surface area (Å²) in [6.07, 6.45) is 1.67. The minimum atomic E-state index is -0.138. The lowest BCUT2D eigenvalue weighted by Gasteiger charge is -2.35. The minimum Gasteiger partial charge on any atom is -0.348 e. The van der Waals surface area contributed by atoms with Gasteiger partial charge in [-0.15, -0.1) is 0 Å². The number of hydrogen-bond acceptors (Lipinski definition) is 5. The molecule has 8 heteroatoms.